The van der Waals surface area contributed by atoms with E-state index < -0.39 is 36.4 Å². The highest BCUT2D eigenvalue weighted by Gasteiger charge is 2.49. The molecular formula is C16H27F3N2O3. The lowest BCUT2D eigenvalue weighted by atomic mass is 9.80. The zero-order valence-electron chi connectivity index (χ0n) is 13.7. The molecular weight excluding hydrogens is 325 g/mol. The van der Waals surface area contributed by atoms with Crippen molar-refractivity contribution in [2.24, 2.45) is 11.8 Å². The van der Waals surface area contributed by atoms with E-state index in [4.69, 9.17) is 0 Å². The van der Waals surface area contributed by atoms with Crippen molar-refractivity contribution in [3.05, 3.63) is 0 Å². The SMILES string of the molecule is O[C@H]1[C@H](O)CN(CC2CN([C@H]3CCCC[C@H]3C(F)(F)F)C2)C[C@@H]1O. The van der Waals surface area contributed by atoms with E-state index in [1.165, 1.54) is 0 Å². The number of rotatable bonds is 3. The van der Waals surface area contributed by atoms with Crippen molar-refractivity contribution >= 4 is 0 Å². The average Bonchev–Trinajstić information content (AvgIpc) is 2.47. The van der Waals surface area contributed by atoms with Gasteiger partial charge in [0.15, 0.2) is 0 Å². The molecule has 0 aromatic carbocycles. The molecule has 0 amide bonds. The Morgan fingerprint density at radius 3 is 2.04 bits per heavy atom. The van der Waals surface area contributed by atoms with E-state index in [-0.39, 0.29) is 12.3 Å². The molecule has 1 aliphatic carbocycles. The Kier molecular flexibility index (Phi) is 5.42. The monoisotopic (exact) mass is 352 g/mol. The lowest BCUT2D eigenvalue weighted by Gasteiger charge is -2.50. The van der Waals surface area contributed by atoms with Crippen molar-refractivity contribution in [2.45, 2.75) is 56.2 Å². The van der Waals surface area contributed by atoms with E-state index in [9.17, 15) is 28.5 Å². The predicted molar refractivity (Wildman–Crippen MR) is 81.3 cm³/mol. The number of hydrogen-bond acceptors (Lipinski definition) is 5. The van der Waals surface area contributed by atoms with Gasteiger partial charge >= 0.3 is 6.18 Å². The molecule has 1 saturated carbocycles. The first-order chi connectivity index (χ1) is 11.3. The summed E-state index contributed by atoms with van der Waals surface area (Å²) in [6.07, 6.45) is -4.82. The second kappa shape index (κ2) is 7.07. The number of alkyl halides is 3. The van der Waals surface area contributed by atoms with E-state index in [1.54, 1.807) is 0 Å². The number of nitrogens with zero attached hydrogens (tertiary/aromatic N) is 2. The van der Waals surface area contributed by atoms with Crippen LogP contribution in [0.15, 0.2) is 0 Å². The molecule has 2 aliphatic heterocycles. The largest absolute Gasteiger partial charge is 0.393 e. The van der Waals surface area contributed by atoms with Crippen LogP contribution < -0.4 is 0 Å². The summed E-state index contributed by atoms with van der Waals surface area (Å²) in [6.45, 7) is 2.51. The van der Waals surface area contributed by atoms with Crippen LogP contribution in [0.1, 0.15) is 25.7 Å². The van der Waals surface area contributed by atoms with Gasteiger partial charge in [0.05, 0.1) is 18.1 Å². The number of β-amino-alcohol motifs (C(OH)–C–C–N with tert-alkyl or cyclic N) is 2. The van der Waals surface area contributed by atoms with Crippen LogP contribution in [0, 0.1) is 11.8 Å². The maximum Gasteiger partial charge on any atom is 0.393 e. The first-order valence-corrected chi connectivity index (χ1v) is 8.83. The van der Waals surface area contributed by atoms with Gasteiger partial charge in [-0.1, -0.05) is 12.8 Å². The number of halogens is 3. The maximum atomic E-state index is 13.2. The van der Waals surface area contributed by atoms with E-state index in [1.807, 2.05) is 9.80 Å². The van der Waals surface area contributed by atoms with E-state index >= 15 is 0 Å². The van der Waals surface area contributed by atoms with Gasteiger partial charge in [-0.3, -0.25) is 9.80 Å². The summed E-state index contributed by atoms with van der Waals surface area (Å²) in [5.41, 5.74) is 0. The first-order valence-electron chi connectivity index (χ1n) is 8.83. The van der Waals surface area contributed by atoms with Crippen LogP contribution in [0.5, 0.6) is 0 Å². The lowest BCUT2D eigenvalue weighted by molar-refractivity contribution is -0.206. The normalized spacial score (nSPS) is 40.5. The van der Waals surface area contributed by atoms with Gasteiger partial charge in [0.25, 0.3) is 0 Å². The molecule has 0 radical (unpaired) electrons. The molecule has 140 valence electrons. The molecule has 3 aliphatic rings. The first kappa shape index (κ1) is 18.4. The summed E-state index contributed by atoms with van der Waals surface area (Å²) in [4.78, 5) is 3.85. The Labute approximate surface area is 140 Å². The summed E-state index contributed by atoms with van der Waals surface area (Å²) in [7, 11) is 0. The Hall–Kier alpha value is -0.410. The minimum Gasteiger partial charge on any atom is -0.389 e. The molecule has 2 saturated heterocycles. The fraction of sp³-hybridized carbons (Fsp3) is 1.00. The summed E-state index contributed by atoms with van der Waals surface area (Å²) in [5.74, 6) is -0.948. The topological polar surface area (TPSA) is 67.2 Å². The highest BCUT2D eigenvalue weighted by Crippen LogP contribution is 2.42. The lowest BCUT2D eigenvalue weighted by Crippen LogP contribution is -2.62. The van der Waals surface area contributed by atoms with Crippen molar-refractivity contribution < 1.29 is 28.5 Å². The summed E-state index contributed by atoms with van der Waals surface area (Å²) in [5, 5.41) is 29.0. The maximum absolute atomic E-state index is 13.2. The van der Waals surface area contributed by atoms with Gasteiger partial charge in [-0.15, -0.1) is 0 Å². The Morgan fingerprint density at radius 2 is 1.46 bits per heavy atom. The van der Waals surface area contributed by atoms with Crippen LogP contribution >= 0.6 is 0 Å². The minimum atomic E-state index is -4.12. The van der Waals surface area contributed by atoms with Crippen LogP contribution in [-0.2, 0) is 0 Å². The second-order valence-electron chi connectivity index (χ2n) is 7.66. The van der Waals surface area contributed by atoms with Gasteiger partial charge < -0.3 is 15.3 Å². The van der Waals surface area contributed by atoms with Crippen molar-refractivity contribution in [1.82, 2.24) is 9.80 Å². The number of piperidine rings is 1. The molecule has 0 aromatic rings. The molecule has 5 nitrogen and oxygen atoms in total. The quantitative estimate of drug-likeness (QED) is 0.688. The highest BCUT2D eigenvalue weighted by atomic mass is 19.4. The second-order valence-corrected chi connectivity index (χ2v) is 7.66. The Balaban J connectivity index is 1.48. The number of aliphatic hydroxyl groups excluding tert-OH is 3. The van der Waals surface area contributed by atoms with E-state index in [2.05, 4.69) is 0 Å². The Bertz CT molecular complexity index is 419. The zero-order valence-corrected chi connectivity index (χ0v) is 13.7. The molecule has 24 heavy (non-hydrogen) atoms. The third kappa shape index (κ3) is 3.88. The van der Waals surface area contributed by atoms with E-state index in [0.29, 0.717) is 45.6 Å². The predicted octanol–water partition coefficient (Wildman–Crippen LogP) is 0.438. The summed E-state index contributed by atoms with van der Waals surface area (Å²) in [6, 6.07) is -0.394. The third-order valence-corrected chi connectivity index (χ3v) is 5.80. The van der Waals surface area contributed by atoms with Crippen LogP contribution in [0.25, 0.3) is 0 Å². The summed E-state index contributed by atoms with van der Waals surface area (Å²) < 4.78 is 39.6. The van der Waals surface area contributed by atoms with Crippen molar-refractivity contribution in [2.75, 3.05) is 32.7 Å². The molecule has 3 fully saturated rings. The molecule has 3 rings (SSSR count). The highest BCUT2D eigenvalue weighted by molar-refractivity contribution is 4.95. The molecule has 0 spiro atoms. The standard InChI is InChI=1S/C16H27F3N2O3/c17-16(18,19)11-3-1-2-4-12(11)21-6-10(7-21)5-20-8-13(22)15(24)14(23)9-20/h10-15,22-24H,1-9H2/t11-,12+,13-,14+,15+/m1/s1. The van der Waals surface area contributed by atoms with Gasteiger partial charge in [0.1, 0.15) is 6.10 Å². The molecule has 0 unspecified atom stereocenters. The van der Waals surface area contributed by atoms with E-state index in [0.717, 1.165) is 6.42 Å². The molecule has 3 N–H and O–H groups in total. The number of hydrogen-bond donors (Lipinski definition) is 3. The fourth-order valence-electron chi connectivity index (χ4n) is 4.52. The minimum absolute atomic E-state index is 0.234. The zero-order chi connectivity index (χ0) is 17.5. The molecule has 0 aromatic heterocycles. The van der Waals surface area contributed by atoms with Crippen LogP contribution in [0.4, 0.5) is 13.2 Å². The molecule has 2 heterocycles. The third-order valence-electron chi connectivity index (χ3n) is 5.80. The van der Waals surface area contributed by atoms with Crippen LogP contribution in [-0.4, -0.2) is 88.4 Å². The fourth-order valence-corrected chi connectivity index (χ4v) is 4.52. The van der Waals surface area contributed by atoms with Crippen molar-refractivity contribution in [3.63, 3.8) is 0 Å². The Morgan fingerprint density at radius 1 is 0.875 bits per heavy atom. The molecule has 8 heteroatoms. The van der Waals surface area contributed by atoms with Gasteiger partial charge in [-0.25, -0.2) is 0 Å². The number of aliphatic hydroxyl groups is 3. The molecule has 5 atom stereocenters. The van der Waals surface area contributed by atoms with Crippen molar-refractivity contribution in [1.29, 1.82) is 0 Å². The average molecular weight is 352 g/mol. The molecule has 0 bridgehead atoms. The number of likely N-dealkylation sites (tertiary alicyclic amines) is 2. The van der Waals surface area contributed by atoms with Crippen LogP contribution in [0.2, 0.25) is 0 Å². The summed E-state index contributed by atoms with van der Waals surface area (Å²) >= 11 is 0. The van der Waals surface area contributed by atoms with Crippen molar-refractivity contribution in [3.8, 4) is 0 Å². The van der Waals surface area contributed by atoms with Gasteiger partial charge in [0, 0.05) is 38.8 Å². The van der Waals surface area contributed by atoms with Crippen LogP contribution in [0.3, 0.4) is 0 Å². The van der Waals surface area contributed by atoms with Gasteiger partial charge in [-0.2, -0.15) is 13.2 Å². The smallest absolute Gasteiger partial charge is 0.389 e. The van der Waals surface area contributed by atoms with Gasteiger partial charge in [-0.05, 0) is 18.8 Å². The van der Waals surface area contributed by atoms with Gasteiger partial charge in [0.2, 0.25) is 0 Å².